The maximum Gasteiger partial charge on any atom is 0.345 e. The molecular formula is C19H18ClN3O6. The van der Waals surface area contributed by atoms with Crippen LogP contribution < -0.4 is 5.32 Å². The van der Waals surface area contributed by atoms with E-state index in [1.54, 1.807) is 24.3 Å². The van der Waals surface area contributed by atoms with Crippen molar-refractivity contribution in [2.24, 2.45) is 0 Å². The minimum absolute atomic E-state index is 0.218. The largest absolute Gasteiger partial charge is 0.452 e. The van der Waals surface area contributed by atoms with Gasteiger partial charge in [0.25, 0.3) is 11.6 Å². The second-order valence-corrected chi connectivity index (χ2v) is 6.49. The maximum absolute atomic E-state index is 12.2. The van der Waals surface area contributed by atoms with E-state index in [4.69, 9.17) is 16.3 Å². The summed E-state index contributed by atoms with van der Waals surface area (Å²) in [4.78, 5) is 47.9. The van der Waals surface area contributed by atoms with Gasteiger partial charge in [-0.2, -0.15) is 0 Å². The van der Waals surface area contributed by atoms with Crippen molar-refractivity contribution in [2.75, 3.05) is 25.5 Å². The first-order chi connectivity index (χ1) is 13.7. The molecule has 0 saturated heterocycles. The quantitative estimate of drug-likeness (QED) is 0.418. The molecule has 2 aromatic carbocycles. The normalized spacial score (nSPS) is 10.2. The van der Waals surface area contributed by atoms with E-state index in [0.717, 1.165) is 4.90 Å². The van der Waals surface area contributed by atoms with E-state index < -0.39 is 35.0 Å². The molecule has 0 radical (unpaired) electrons. The van der Waals surface area contributed by atoms with Crippen LogP contribution in [0.3, 0.4) is 0 Å². The number of ether oxygens (including phenoxy) is 1. The van der Waals surface area contributed by atoms with Crippen molar-refractivity contribution in [3.8, 4) is 0 Å². The predicted molar refractivity (Wildman–Crippen MR) is 106 cm³/mol. The number of amides is 2. The smallest absolute Gasteiger partial charge is 0.345 e. The monoisotopic (exact) mass is 419 g/mol. The van der Waals surface area contributed by atoms with Gasteiger partial charge in [-0.25, -0.2) is 4.79 Å². The number of anilines is 1. The van der Waals surface area contributed by atoms with Crippen molar-refractivity contribution in [1.82, 2.24) is 4.90 Å². The lowest BCUT2D eigenvalue weighted by atomic mass is 10.1. The summed E-state index contributed by atoms with van der Waals surface area (Å²) in [6, 6.07) is 10.8. The molecule has 1 N–H and O–H groups in total. The highest BCUT2D eigenvalue weighted by molar-refractivity contribution is 6.33. The highest BCUT2D eigenvalue weighted by atomic mass is 35.5. The van der Waals surface area contributed by atoms with Crippen LogP contribution in [0.5, 0.6) is 0 Å². The topological polar surface area (TPSA) is 119 Å². The van der Waals surface area contributed by atoms with Gasteiger partial charge >= 0.3 is 5.97 Å². The van der Waals surface area contributed by atoms with Gasteiger partial charge in [-0.1, -0.05) is 35.9 Å². The Labute approximate surface area is 171 Å². The number of carbonyl (C=O) groups excluding carboxylic acids is 3. The van der Waals surface area contributed by atoms with E-state index >= 15 is 0 Å². The number of carbonyl (C=O) groups is 3. The van der Waals surface area contributed by atoms with Crippen LogP contribution in [0.2, 0.25) is 5.02 Å². The predicted octanol–water partition coefficient (Wildman–Crippen LogP) is 2.81. The summed E-state index contributed by atoms with van der Waals surface area (Å²) in [5.41, 5.74) is 0.127. The Morgan fingerprint density at radius 2 is 1.86 bits per heavy atom. The van der Waals surface area contributed by atoms with Gasteiger partial charge in [0, 0.05) is 13.1 Å². The summed E-state index contributed by atoms with van der Waals surface area (Å²) < 4.78 is 4.91. The van der Waals surface area contributed by atoms with Crippen LogP contribution >= 0.6 is 11.6 Å². The maximum atomic E-state index is 12.2. The standard InChI is InChI=1S/C19H18ClN3O6/c1-12-6-5-9-15(23(27)28)18(12)19(26)29-11-17(25)22(2)10-16(24)21-14-8-4-3-7-13(14)20/h3-9H,10-11H2,1-2H3,(H,21,24). The number of aryl methyl sites for hydroxylation is 1. The Bertz CT molecular complexity index is 963. The number of likely N-dealkylation sites (N-methyl/N-ethyl adjacent to an activating group) is 1. The van der Waals surface area contributed by atoms with E-state index in [1.165, 1.54) is 32.2 Å². The number of nitrogens with zero attached hydrogens (tertiary/aromatic N) is 2. The number of nitro benzene ring substituents is 1. The number of esters is 1. The van der Waals surface area contributed by atoms with Gasteiger partial charge in [-0.15, -0.1) is 0 Å². The molecule has 0 aliphatic heterocycles. The third-order valence-electron chi connectivity index (χ3n) is 3.93. The van der Waals surface area contributed by atoms with Gasteiger partial charge in [0.1, 0.15) is 5.56 Å². The van der Waals surface area contributed by atoms with E-state index in [2.05, 4.69) is 5.32 Å². The molecule has 29 heavy (non-hydrogen) atoms. The van der Waals surface area contributed by atoms with Crippen molar-refractivity contribution in [1.29, 1.82) is 0 Å². The van der Waals surface area contributed by atoms with Crippen molar-refractivity contribution in [3.63, 3.8) is 0 Å². The Morgan fingerprint density at radius 1 is 1.17 bits per heavy atom. The number of halogens is 1. The summed E-state index contributed by atoms with van der Waals surface area (Å²) in [7, 11) is 1.36. The van der Waals surface area contributed by atoms with Crippen molar-refractivity contribution in [2.45, 2.75) is 6.92 Å². The molecular weight excluding hydrogens is 402 g/mol. The Kier molecular flexibility index (Phi) is 7.27. The van der Waals surface area contributed by atoms with Gasteiger partial charge in [0.05, 0.1) is 22.2 Å². The molecule has 152 valence electrons. The number of para-hydroxylation sites is 1. The summed E-state index contributed by atoms with van der Waals surface area (Å²) in [5.74, 6) is -2.13. The first kappa shape index (κ1) is 21.8. The van der Waals surface area contributed by atoms with Crippen LogP contribution in [0, 0.1) is 17.0 Å². The number of hydrogen-bond donors (Lipinski definition) is 1. The zero-order valence-corrected chi connectivity index (χ0v) is 16.4. The lowest BCUT2D eigenvalue weighted by Gasteiger charge is -2.17. The van der Waals surface area contributed by atoms with Gasteiger partial charge in [0.2, 0.25) is 5.91 Å². The molecule has 0 aromatic heterocycles. The summed E-state index contributed by atoms with van der Waals surface area (Å²) in [6.45, 7) is 0.558. The van der Waals surface area contributed by atoms with Crippen LogP contribution in [-0.2, 0) is 14.3 Å². The molecule has 0 bridgehead atoms. The molecule has 0 fully saturated rings. The molecule has 9 nitrogen and oxygen atoms in total. The third kappa shape index (κ3) is 5.76. The minimum atomic E-state index is -0.989. The zero-order chi connectivity index (χ0) is 21.6. The molecule has 0 saturated carbocycles. The second kappa shape index (κ2) is 9.65. The number of hydrogen-bond acceptors (Lipinski definition) is 6. The first-order valence-corrected chi connectivity index (χ1v) is 8.78. The molecule has 0 aliphatic rings. The minimum Gasteiger partial charge on any atom is -0.452 e. The van der Waals surface area contributed by atoms with Gasteiger partial charge in [-0.05, 0) is 24.6 Å². The van der Waals surface area contributed by atoms with Crippen LogP contribution in [0.15, 0.2) is 42.5 Å². The lowest BCUT2D eigenvalue weighted by molar-refractivity contribution is -0.385. The highest BCUT2D eigenvalue weighted by Crippen LogP contribution is 2.23. The molecule has 2 aromatic rings. The number of rotatable bonds is 7. The van der Waals surface area contributed by atoms with E-state index in [9.17, 15) is 24.5 Å². The fourth-order valence-corrected chi connectivity index (χ4v) is 2.62. The Morgan fingerprint density at radius 3 is 2.52 bits per heavy atom. The average molecular weight is 420 g/mol. The van der Waals surface area contributed by atoms with Crippen LogP contribution in [0.25, 0.3) is 0 Å². The number of benzene rings is 2. The molecule has 0 spiro atoms. The van der Waals surface area contributed by atoms with Crippen molar-refractivity contribution < 1.29 is 24.0 Å². The van der Waals surface area contributed by atoms with Crippen LogP contribution in [0.4, 0.5) is 11.4 Å². The molecule has 0 heterocycles. The first-order valence-electron chi connectivity index (χ1n) is 8.40. The average Bonchev–Trinajstić information content (AvgIpc) is 2.67. The van der Waals surface area contributed by atoms with Gasteiger partial charge < -0.3 is 15.0 Å². The van der Waals surface area contributed by atoms with Crippen molar-refractivity contribution in [3.05, 3.63) is 68.7 Å². The fourth-order valence-electron chi connectivity index (χ4n) is 2.44. The fraction of sp³-hybridized carbons (Fsp3) is 0.211. The Hall–Kier alpha value is -3.46. The molecule has 0 atom stereocenters. The van der Waals surface area contributed by atoms with Crippen LogP contribution in [-0.4, -0.2) is 47.8 Å². The Balaban J connectivity index is 1.93. The molecule has 2 rings (SSSR count). The molecule has 10 heteroatoms. The van der Waals surface area contributed by atoms with E-state index in [0.29, 0.717) is 16.3 Å². The van der Waals surface area contributed by atoms with Gasteiger partial charge in [0.15, 0.2) is 6.61 Å². The van der Waals surface area contributed by atoms with E-state index in [-0.39, 0.29) is 12.1 Å². The van der Waals surface area contributed by atoms with Crippen molar-refractivity contribution >= 4 is 40.8 Å². The summed E-state index contributed by atoms with van der Waals surface area (Å²) in [5, 5.41) is 14.0. The number of nitrogens with one attached hydrogen (secondary N) is 1. The van der Waals surface area contributed by atoms with Gasteiger partial charge in [-0.3, -0.25) is 19.7 Å². The van der Waals surface area contributed by atoms with E-state index in [1.807, 2.05) is 0 Å². The highest BCUT2D eigenvalue weighted by Gasteiger charge is 2.25. The zero-order valence-electron chi connectivity index (χ0n) is 15.7. The lowest BCUT2D eigenvalue weighted by Crippen LogP contribution is -2.37. The second-order valence-electron chi connectivity index (χ2n) is 6.08. The van der Waals surface area contributed by atoms with Crippen LogP contribution in [0.1, 0.15) is 15.9 Å². The molecule has 0 aliphatic carbocycles. The molecule has 0 unspecified atom stereocenters. The summed E-state index contributed by atoms with van der Waals surface area (Å²) in [6.07, 6.45) is 0. The summed E-state index contributed by atoms with van der Waals surface area (Å²) >= 11 is 5.96. The number of nitro groups is 1. The third-order valence-corrected chi connectivity index (χ3v) is 4.26. The SMILES string of the molecule is Cc1cccc([N+](=O)[O-])c1C(=O)OCC(=O)N(C)CC(=O)Nc1ccccc1Cl. The molecule has 2 amide bonds.